The van der Waals surface area contributed by atoms with E-state index in [-0.39, 0.29) is 24.7 Å². The number of hydrogen-bond acceptors (Lipinski definition) is 2. The summed E-state index contributed by atoms with van der Waals surface area (Å²) in [7, 11) is -2.00. The third kappa shape index (κ3) is 6.65. The number of hydrogen-bond donors (Lipinski definition) is 1. The van der Waals surface area contributed by atoms with Crippen molar-refractivity contribution in [2.24, 2.45) is 5.92 Å². The van der Waals surface area contributed by atoms with Crippen molar-refractivity contribution in [1.82, 2.24) is 4.98 Å². The summed E-state index contributed by atoms with van der Waals surface area (Å²) in [6.45, 7) is 4.30. The first-order valence-corrected chi connectivity index (χ1v) is 13.6. The van der Waals surface area contributed by atoms with Crippen molar-refractivity contribution in [3.8, 4) is 0 Å². The van der Waals surface area contributed by atoms with Crippen LogP contribution in [0.4, 0.5) is 18.9 Å². The maximum absolute atomic E-state index is 12.9. The molecule has 3 rings (SSSR count). The van der Waals surface area contributed by atoms with Gasteiger partial charge in [0, 0.05) is 24.4 Å². The quantitative estimate of drug-likeness (QED) is 0.424. The fourth-order valence-electron chi connectivity index (χ4n) is 4.04. The lowest BCUT2D eigenvalue weighted by Crippen LogP contribution is -2.43. The molecular formula is C24H27F3N2OSi. The van der Waals surface area contributed by atoms with E-state index in [2.05, 4.69) is 23.4 Å². The highest BCUT2D eigenvalue weighted by atomic mass is 28.3. The van der Waals surface area contributed by atoms with E-state index in [9.17, 15) is 18.0 Å². The Morgan fingerprint density at radius 1 is 1.03 bits per heavy atom. The molecule has 1 unspecified atom stereocenters. The van der Waals surface area contributed by atoms with E-state index in [1.54, 1.807) is 12.3 Å². The second-order valence-electron chi connectivity index (χ2n) is 8.61. The van der Waals surface area contributed by atoms with Crippen molar-refractivity contribution < 1.29 is 18.0 Å². The van der Waals surface area contributed by atoms with E-state index >= 15 is 0 Å². The number of para-hydroxylation sites is 1. The number of carbonyl (C=O) groups is 1. The van der Waals surface area contributed by atoms with Gasteiger partial charge in [-0.3, -0.25) is 9.78 Å². The second-order valence-corrected chi connectivity index (χ2v) is 13.4. The number of nitrogens with zero attached hydrogens (tertiary/aromatic N) is 1. The molecule has 0 aliphatic heterocycles. The summed E-state index contributed by atoms with van der Waals surface area (Å²) >= 11 is 0. The number of anilines is 1. The average Bonchev–Trinajstić information content (AvgIpc) is 2.72. The Labute approximate surface area is 181 Å². The van der Waals surface area contributed by atoms with Crippen LogP contribution in [0.3, 0.4) is 0 Å². The molecule has 0 aliphatic rings. The van der Waals surface area contributed by atoms with E-state index < -0.39 is 20.7 Å². The van der Waals surface area contributed by atoms with Crippen molar-refractivity contribution in [1.29, 1.82) is 0 Å². The zero-order valence-corrected chi connectivity index (χ0v) is 18.7. The van der Waals surface area contributed by atoms with E-state index in [0.717, 1.165) is 5.39 Å². The summed E-state index contributed by atoms with van der Waals surface area (Å²) in [6, 6.07) is 19.7. The minimum absolute atomic E-state index is 0.0476. The Hall–Kier alpha value is -2.67. The highest BCUT2D eigenvalue weighted by Crippen LogP contribution is 2.31. The van der Waals surface area contributed by atoms with Crippen LogP contribution in [0.15, 0.2) is 66.9 Å². The molecular weight excluding hydrogens is 417 g/mol. The summed E-state index contributed by atoms with van der Waals surface area (Å²) in [5.41, 5.74) is 1.25. The number of halogens is 3. The summed E-state index contributed by atoms with van der Waals surface area (Å²) in [6.07, 6.45) is -3.44. The number of fused-ring (bicyclic) bond motifs is 1. The molecule has 0 saturated carbocycles. The molecule has 0 saturated heterocycles. The molecule has 0 fully saturated rings. The van der Waals surface area contributed by atoms with Crippen molar-refractivity contribution in [3.05, 3.63) is 66.9 Å². The predicted octanol–water partition coefficient (Wildman–Crippen LogP) is 6.14. The van der Waals surface area contributed by atoms with Gasteiger partial charge in [-0.2, -0.15) is 13.2 Å². The molecule has 164 valence electrons. The van der Waals surface area contributed by atoms with Gasteiger partial charge in [-0.1, -0.05) is 72.9 Å². The van der Waals surface area contributed by atoms with Gasteiger partial charge < -0.3 is 5.32 Å². The Morgan fingerprint density at radius 2 is 1.74 bits per heavy atom. The fourth-order valence-corrected chi connectivity index (χ4v) is 7.16. The number of rotatable bonds is 8. The van der Waals surface area contributed by atoms with Crippen LogP contribution in [0.1, 0.15) is 19.3 Å². The highest BCUT2D eigenvalue weighted by molar-refractivity contribution is 6.89. The summed E-state index contributed by atoms with van der Waals surface area (Å²) in [5, 5.41) is 4.95. The first kappa shape index (κ1) is 23.0. The lowest BCUT2D eigenvalue weighted by Gasteiger charge is -2.29. The molecule has 3 nitrogen and oxygen atoms in total. The average molecular weight is 445 g/mol. The molecule has 1 N–H and O–H groups in total. The normalized spacial score (nSPS) is 13.2. The number of nitrogens with one attached hydrogen (secondary N) is 1. The van der Waals surface area contributed by atoms with Crippen LogP contribution in [0.25, 0.3) is 10.9 Å². The Bertz CT molecular complexity index is 1020. The fraction of sp³-hybridized carbons (Fsp3) is 0.333. The van der Waals surface area contributed by atoms with Crippen molar-refractivity contribution >= 4 is 35.8 Å². The van der Waals surface area contributed by atoms with Gasteiger partial charge in [-0.25, -0.2) is 0 Å². The zero-order chi connectivity index (χ0) is 22.5. The van der Waals surface area contributed by atoms with Gasteiger partial charge in [0.25, 0.3) is 0 Å². The lowest BCUT2D eigenvalue weighted by molar-refractivity contribution is -0.138. The SMILES string of the molecule is C[Si](C)(CC(CCC(F)(F)F)CC(=O)Nc1cccc2cccnc12)c1ccccc1. The molecule has 1 atom stereocenters. The van der Waals surface area contributed by atoms with Gasteiger partial charge in [-0.15, -0.1) is 0 Å². The van der Waals surface area contributed by atoms with Crippen molar-refractivity contribution in [3.63, 3.8) is 0 Å². The molecule has 0 aliphatic carbocycles. The van der Waals surface area contributed by atoms with Crippen LogP contribution in [0, 0.1) is 5.92 Å². The molecule has 1 heterocycles. The van der Waals surface area contributed by atoms with Gasteiger partial charge in [0.1, 0.15) is 0 Å². The predicted molar refractivity (Wildman–Crippen MR) is 122 cm³/mol. The van der Waals surface area contributed by atoms with Gasteiger partial charge in [-0.05, 0) is 24.5 Å². The second kappa shape index (κ2) is 9.64. The number of benzene rings is 2. The smallest absolute Gasteiger partial charge is 0.324 e. The first-order chi connectivity index (χ1) is 14.6. The minimum Gasteiger partial charge on any atom is -0.324 e. The summed E-state index contributed by atoms with van der Waals surface area (Å²) in [5.74, 6) is -0.616. The van der Waals surface area contributed by atoms with Crippen LogP contribution in [-0.4, -0.2) is 25.1 Å². The standard InChI is InChI=1S/C24H27F3N2OSi/c1-31(2,20-10-4-3-5-11-20)17-18(13-14-24(25,26)27)16-22(30)29-21-12-6-8-19-9-7-15-28-23(19)21/h3-12,15,18H,13-14,16-17H2,1-2H3,(H,29,30). The topological polar surface area (TPSA) is 42.0 Å². The molecule has 2 aromatic carbocycles. The molecule has 0 radical (unpaired) electrons. The largest absolute Gasteiger partial charge is 0.389 e. The van der Waals surface area contributed by atoms with Crippen LogP contribution in [0.5, 0.6) is 0 Å². The monoisotopic (exact) mass is 444 g/mol. The van der Waals surface area contributed by atoms with Gasteiger partial charge in [0.15, 0.2) is 0 Å². The lowest BCUT2D eigenvalue weighted by atomic mass is 10.0. The van der Waals surface area contributed by atoms with Crippen LogP contribution in [-0.2, 0) is 4.79 Å². The Balaban J connectivity index is 1.75. The molecule has 3 aromatic rings. The molecule has 7 heteroatoms. The maximum Gasteiger partial charge on any atom is 0.389 e. The minimum atomic E-state index is -4.23. The Kier molecular flexibility index (Phi) is 7.15. The number of aromatic nitrogens is 1. The van der Waals surface area contributed by atoms with E-state index in [1.807, 2.05) is 54.6 Å². The highest BCUT2D eigenvalue weighted by Gasteiger charge is 2.33. The summed E-state index contributed by atoms with van der Waals surface area (Å²) < 4.78 is 38.8. The van der Waals surface area contributed by atoms with Crippen LogP contribution >= 0.6 is 0 Å². The first-order valence-electron chi connectivity index (χ1n) is 10.4. The number of amides is 1. The molecule has 31 heavy (non-hydrogen) atoms. The van der Waals surface area contributed by atoms with Gasteiger partial charge >= 0.3 is 6.18 Å². The third-order valence-corrected chi connectivity index (χ3v) is 9.07. The maximum atomic E-state index is 12.9. The third-order valence-electron chi connectivity index (χ3n) is 5.57. The van der Waals surface area contributed by atoms with Crippen LogP contribution in [0.2, 0.25) is 19.1 Å². The molecule has 1 aromatic heterocycles. The van der Waals surface area contributed by atoms with E-state index in [1.165, 1.54) is 5.19 Å². The number of pyridine rings is 1. The Morgan fingerprint density at radius 3 is 2.45 bits per heavy atom. The van der Waals surface area contributed by atoms with E-state index in [0.29, 0.717) is 17.2 Å². The van der Waals surface area contributed by atoms with Crippen molar-refractivity contribution in [2.45, 2.75) is 44.6 Å². The van der Waals surface area contributed by atoms with Crippen LogP contribution < -0.4 is 10.5 Å². The van der Waals surface area contributed by atoms with Crippen molar-refractivity contribution in [2.75, 3.05) is 5.32 Å². The van der Waals surface area contributed by atoms with Gasteiger partial charge in [0.05, 0.1) is 19.3 Å². The number of alkyl halides is 3. The summed E-state index contributed by atoms with van der Waals surface area (Å²) in [4.78, 5) is 17.1. The molecule has 0 bridgehead atoms. The zero-order valence-electron chi connectivity index (χ0n) is 17.7. The molecule has 0 spiro atoms. The molecule has 1 amide bonds. The van der Waals surface area contributed by atoms with Gasteiger partial charge in [0.2, 0.25) is 5.91 Å². The number of carbonyl (C=O) groups excluding carboxylic acids is 1. The van der Waals surface area contributed by atoms with E-state index in [4.69, 9.17) is 0 Å².